The molecule has 0 aliphatic rings. The van der Waals surface area contributed by atoms with Crippen molar-refractivity contribution in [1.82, 2.24) is 4.98 Å². The van der Waals surface area contributed by atoms with Crippen LogP contribution in [0.4, 0.5) is 0 Å². The Morgan fingerprint density at radius 3 is 2.83 bits per heavy atom. The lowest BCUT2D eigenvalue weighted by Crippen LogP contribution is -1.93. The third kappa shape index (κ3) is 2.01. The van der Waals surface area contributed by atoms with Gasteiger partial charge in [0.25, 0.3) is 0 Å². The number of rotatable bonds is 2. The molecule has 1 unspecified atom stereocenters. The Hall–Kier alpha value is -1.47. The van der Waals surface area contributed by atoms with Crippen molar-refractivity contribution in [2.75, 3.05) is 0 Å². The summed E-state index contributed by atoms with van der Waals surface area (Å²) in [4.78, 5) is 17.6. The van der Waals surface area contributed by atoms with E-state index in [-0.39, 0.29) is 6.04 Å². The van der Waals surface area contributed by atoms with Gasteiger partial charge < -0.3 is 0 Å². The molecule has 12 heavy (non-hydrogen) atoms. The SMILES string of the molecule is Cc1ccc(C(C)N=C=O)nc1. The second-order valence-electron chi connectivity index (χ2n) is 2.66. The molecule has 1 rings (SSSR count). The smallest absolute Gasteiger partial charge is 0.235 e. The number of isocyanates is 1. The van der Waals surface area contributed by atoms with Crippen molar-refractivity contribution in [3.05, 3.63) is 29.6 Å². The van der Waals surface area contributed by atoms with Crippen molar-refractivity contribution >= 4 is 6.08 Å². The topological polar surface area (TPSA) is 42.3 Å². The Morgan fingerprint density at radius 2 is 2.33 bits per heavy atom. The molecule has 0 bridgehead atoms. The molecule has 0 fully saturated rings. The van der Waals surface area contributed by atoms with Crippen LogP contribution in [0, 0.1) is 6.92 Å². The number of carbonyl (C=O) groups excluding carboxylic acids is 1. The Balaban J connectivity index is 2.89. The zero-order chi connectivity index (χ0) is 8.97. The molecule has 0 radical (unpaired) electrons. The second-order valence-corrected chi connectivity index (χ2v) is 2.66. The van der Waals surface area contributed by atoms with Crippen molar-refractivity contribution in [3.8, 4) is 0 Å². The van der Waals surface area contributed by atoms with E-state index in [0.29, 0.717) is 0 Å². The van der Waals surface area contributed by atoms with Crippen molar-refractivity contribution in [2.45, 2.75) is 19.9 Å². The van der Waals surface area contributed by atoms with Gasteiger partial charge in [-0.25, -0.2) is 4.79 Å². The van der Waals surface area contributed by atoms with E-state index >= 15 is 0 Å². The minimum absolute atomic E-state index is 0.192. The van der Waals surface area contributed by atoms with E-state index in [1.807, 2.05) is 26.0 Å². The van der Waals surface area contributed by atoms with E-state index in [4.69, 9.17) is 0 Å². The Bertz CT molecular complexity index is 299. The van der Waals surface area contributed by atoms with Gasteiger partial charge in [0.15, 0.2) is 0 Å². The monoisotopic (exact) mass is 162 g/mol. The van der Waals surface area contributed by atoms with E-state index in [2.05, 4.69) is 9.98 Å². The van der Waals surface area contributed by atoms with E-state index in [1.165, 1.54) is 6.08 Å². The van der Waals surface area contributed by atoms with Crippen LogP contribution in [0.15, 0.2) is 23.3 Å². The van der Waals surface area contributed by atoms with Gasteiger partial charge in [0.2, 0.25) is 6.08 Å². The second kappa shape index (κ2) is 3.79. The molecule has 0 amide bonds. The van der Waals surface area contributed by atoms with Crippen LogP contribution in [0.3, 0.4) is 0 Å². The normalized spacial score (nSPS) is 11.8. The average molecular weight is 162 g/mol. The summed E-state index contributed by atoms with van der Waals surface area (Å²) in [5, 5.41) is 0. The average Bonchev–Trinajstić information content (AvgIpc) is 2.06. The lowest BCUT2D eigenvalue weighted by Gasteiger charge is -2.02. The number of nitrogens with zero attached hydrogens (tertiary/aromatic N) is 2. The van der Waals surface area contributed by atoms with Crippen molar-refractivity contribution in [3.63, 3.8) is 0 Å². The van der Waals surface area contributed by atoms with Gasteiger partial charge in [0, 0.05) is 6.20 Å². The van der Waals surface area contributed by atoms with Gasteiger partial charge in [0.1, 0.15) is 6.04 Å². The first kappa shape index (κ1) is 8.62. The summed E-state index contributed by atoms with van der Waals surface area (Å²) >= 11 is 0. The lowest BCUT2D eigenvalue weighted by atomic mass is 10.2. The summed E-state index contributed by atoms with van der Waals surface area (Å²) in [6, 6.07) is 3.61. The highest BCUT2D eigenvalue weighted by Gasteiger charge is 2.02. The first-order valence-corrected chi connectivity index (χ1v) is 3.73. The Labute approximate surface area is 71.2 Å². The molecule has 62 valence electrons. The molecule has 3 heteroatoms. The van der Waals surface area contributed by atoms with Crippen LogP contribution in [0.2, 0.25) is 0 Å². The number of hydrogen-bond acceptors (Lipinski definition) is 3. The fourth-order valence-electron chi connectivity index (χ4n) is 0.872. The molecule has 1 aromatic heterocycles. The van der Waals surface area contributed by atoms with Gasteiger partial charge in [0.05, 0.1) is 5.69 Å². The molecule has 1 aromatic rings. The Kier molecular flexibility index (Phi) is 2.72. The predicted octanol–water partition coefficient (Wildman–Crippen LogP) is 1.79. The van der Waals surface area contributed by atoms with Crippen LogP contribution < -0.4 is 0 Å². The van der Waals surface area contributed by atoms with E-state index in [1.54, 1.807) is 6.20 Å². The van der Waals surface area contributed by atoms with E-state index < -0.39 is 0 Å². The number of aliphatic imine (C=N–C) groups is 1. The molecular formula is C9H10N2O. The maximum Gasteiger partial charge on any atom is 0.235 e. The lowest BCUT2D eigenvalue weighted by molar-refractivity contribution is 0.559. The maximum atomic E-state index is 9.94. The summed E-state index contributed by atoms with van der Waals surface area (Å²) < 4.78 is 0. The molecule has 0 aromatic carbocycles. The summed E-state index contributed by atoms with van der Waals surface area (Å²) in [5.41, 5.74) is 1.89. The van der Waals surface area contributed by atoms with Crippen molar-refractivity contribution in [2.24, 2.45) is 4.99 Å². The molecule has 1 atom stereocenters. The summed E-state index contributed by atoms with van der Waals surface area (Å²) in [6.45, 7) is 3.77. The minimum Gasteiger partial charge on any atom is -0.259 e. The maximum absolute atomic E-state index is 9.94. The first-order chi connectivity index (χ1) is 5.74. The number of pyridine rings is 1. The zero-order valence-electron chi connectivity index (χ0n) is 7.11. The molecule has 0 saturated heterocycles. The van der Waals surface area contributed by atoms with Crippen LogP contribution in [0.25, 0.3) is 0 Å². The molecule has 0 saturated carbocycles. The summed E-state index contributed by atoms with van der Waals surface area (Å²) in [7, 11) is 0. The zero-order valence-corrected chi connectivity index (χ0v) is 7.11. The van der Waals surface area contributed by atoms with Gasteiger partial charge in [-0.1, -0.05) is 6.07 Å². The quantitative estimate of drug-likeness (QED) is 0.491. The highest BCUT2D eigenvalue weighted by atomic mass is 16.1. The van der Waals surface area contributed by atoms with Crippen molar-refractivity contribution < 1.29 is 4.79 Å². The van der Waals surface area contributed by atoms with E-state index in [0.717, 1.165) is 11.3 Å². The standard InChI is InChI=1S/C9H10N2O/c1-7-3-4-9(10-5-7)8(2)11-6-12/h3-5,8H,1-2H3. The third-order valence-corrected chi connectivity index (χ3v) is 1.61. The van der Waals surface area contributed by atoms with Crippen LogP contribution in [0.5, 0.6) is 0 Å². The van der Waals surface area contributed by atoms with Gasteiger partial charge in [-0.2, -0.15) is 4.99 Å². The van der Waals surface area contributed by atoms with Gasteiger partial charge in [-0.3, -0.25) is 4.98 Å². The third-order valence-electron chi connectivity index (χ3n) is 1.61. The molecule has 3 nitrogen and oxygen atoms in total. The molecule has 0 aliphatic carbocycles. The number of hydrogen-bond donors (Lipinski definition) is 0. The van der Waals surface area contributed by atoms with Crippen LogP contribution >= 0.6 is 0 Å². The van der Waals surface area contributed by atoms with Gasteiger partial charge >= 0.3 is 0 Å². The summed E-state index contributed by atoms with van der Waals surface area (Å²) in [5.74, 6) is 0. The fraction of sp³-hybridized carbons (Fsp3) is 0.333. The first-order valence-electron chi connectivity index (χ1n) is 3.73. The van der Waals surface area contributed by atoms with Gasteiger partial charge in [-0.05, 0) is 25.5 Å². The molecule has 0 spiro atoms. The highest BCUT2D eigenvalue weighted by molar-refractivity contribution is 5.34. The molecule has 1 heterocycles. The highest BCUT2D eigenvalue weighted by Crippen LogP contribution is 2.12. The number of aromatic nitrogens is 1. The van der Waals surface area contributed by atoms with Gasteiger partial charge in [-0.15, -0.1) is 0 Å². The molecule has 0 N–H and O–H groups in total. The van der Waals surface area contributed by atoms with E-state index in [9.17, 15) is 4.79 Å². The van der Waals surface area contributed by atoms with Crippen LogP contribution in [-0.4, -0.2) is 11.1 Å². The van der Waals surface area contributed by atoms with Crippen molar-refractivity contribution in [1.29, 1.82) is 0 Å². The van der Waals surface area contributed by atoms with Crippen LogP contribution in [-0.2, 0) is 4.79 Å². The predicted molar refractivity (Wildman–Crippen MR) is 45.5 cm³/mol. The minimum atomic E-state index is -0.192. The fourth-order valence-corrected chi connectivity index (χ4v) is 0.872. The van der Waals surface area contributed by atoms with Crippen LogP contribution in [0.1, 0.15) is 24.2 Å². The summed E-state index contributed by atoms with van der Waals surface area (Å²) in [6.07, 6.45) is 3.27. The molecular weight excluding hydrogens is 152 g/mol. The largest absolute Gasteiger partial charge is 0.259 e. The molecule has 0 aliphatic heterocycles. The Morgan fingerprint density at radius 1 is 1.58 bits per heavy atom. The number of aryl methyl sites for hydroxylation is 1.